The maximum Gasteiger partial charge on any atom is 0.0383 e. The molecule has 0 unspecified atom stereocenters. The zero-order valence-electron chi connectivity index (χ0n) is 10.4. The van der Waals surface area contributed by atoms with Crippen molar-refractivity contribution in [2.45, 2.75) is 19.4 Å². The van der Waals surface area contributed by atoms with E-state index in [-0.39, 0.29) is 0 Å². The molecule has 0 aliphatic carbocycles. The van der Waals surface area contributed by atoms with Gasteiger partial charge in [0.15, 0.2) is 0 Å². The summed E-state index contributed by atoms with van der Waals surface area (Å²) in [5.74, 6) is 0. The molecule has 90 valence electrons. The fourth-order valence-corrected chi connectivity index (χ4v) is 1.65. The molecule has 0 aliphatic heterocycles. The summed E-state index contributed by atoms with van der Waals surface area (Å²) in [7, 11) is 4.18. The van der Waals surface area contributed by atoms with Gasteiger partial charge in [-0.2, -0.15) is 0 Å². The number of hydrogen-bond donors (Lipinski definition) is 1. The van der Waals surface area contributed by atoms with E-state index in [4.69, 9.17) is 5.73 Å². The molecule has 0 aliphatic rings. The zero-order chi connectivity index (χ0) is 11.8. The van der Waals surface area contributed by atoms with Crippen LogP contribution < -0.4 is 5.73 Å². The Labute approximate surface area is 98.8 Å². The van der Waals surface area contributed by atoms with E-state index in [0.29, 0.717) is 0 Å². The number of unbranched alkanes of at least 4 members (excludes halogenated alkanes) is 1. The van der Waals surface area contributed by atoms with Gasteiger partial charge >= 0.3 is 0 Å². The van der Waals surface area contributed by atoms with Crippen LogP contribution >= 0.6 is 0 Å². The van der Waals surface area contributed by atoms with Crippen molar-refractivity contribution in [2.75, 3.05) is 27.2 Å². The topological polar surface area (TPSA) is 32.5 Å². The Morgan fingerprint density at radius 1 is 1.06 bits per heavy atom. The summed E-state index contributed by atoms with van der Waals surface area (Å²) >= 11 is 0. The van der Waals surface area contributed by atoms with E-state index < -0.39 is 0 Å². The summed E-state index contributed by atoms with van der Waals surface area (Å²) < 4.78 is 0. The van der Waals surface area contributed by atoms with Crippen LogP contribution in [0.15, 0.2) is 30.3 Å². The lowest BCUT2D eigenvalue weighted by molar-refractivity contribution is 0.0149. The van der Waals surface area contributed by atoms with Crippen molar-refractivity contribution in [1.82, 2.24) is 10.0 Å². The van der Waals surface area contributed by atoms with Gasteiger partial charge in [0.2, 0.25) is 0 Å². The molecule has 0 fully saturated rings. The molecular weight excluding hydrogens is 198 g/mol. The summed E-state index contributed by atoms with van der Waals surface area (Å²) in [5.41, 5.74) is 6.86. The van der Waals surface area contributed by atoms with E-state index in [9.17, 15) is 0 Å². The van der Waals surface area contributed by atoms with Gasteiger partial charge < -0.3 is 5.73 Å². The summed E-state index contributed by atoms with van der Waals surface area (Å²) in [6.07, 6.45) is 2.25. The number of nitrogens with two attached hydrogens (primary N) is 1. The largest absolute Gasteiger partial charge is 0.330 e. The van der Waals surface area contributed by atoms with Crippen molar-refractivity contribution < 1.29 is 0 Å². The van der Waals surface area contributed by atoms with Gasteiger partial charge in [-0.05, 0) is 24.9 Å². The zero-order valence-corrected chi connectivity index (χ0v) is 10.4. The molecule has 3 heteroatoms. The Morgan fingerprint density at radius 2 is 1.75 bits per heavy atom. The van der Waals surface area contributed by atoms with Crippen LogP contribution in [0, 0.1) is 0 Å². The monoisotopic (exact) mass is 221 g/mol. The molecule has 1 aromatic rings. The fourth-order valence-electron chi connectivity index (χ4n) is 1.65. The highest BCUT2D eigenvalue weighted by Crippen LogP contribution is 2.06. The minimum Gasteiger partial charge on any atom is -0.330 e. The Balaban J connectivity index is 2.45. The lowest BCUT2D eigenvalue weighted by Gasteiger charge is -2.29. The van der Waals surface area contributed by atoms with Crippen molar-refractivity contribution in [3.05, 3.63) is 35.9 Å². The molecule has 16 heavy (non-hydrogen) atoms. The third-order valence-corrected chi connectivity index (χ3v) is 2.64. The van der Waals surface area contributed by atoms with Crippen LogP contribution in [0.1, 0.15) is 18.4 Å². The summed E-state index contributed by atoms with van der Waals surface area (Å²) in [6.45, 7) is 2.82. The van der Waals surface area contributed by atoms with Gasteiger partial charge in [-0.3, -0.25) is 0 Å². The van der Waals surface area contributed by atoms with E-state index in [2.05, 4.69) is 54.4 Å². The number of hydrazine groups is 1. The molecular formula is C13H23N3. The van der Waals surface area contributed by atoms with Crippen LogP contribution in [-0.4, -0.2) is 37.2 Å². The first-order valence-electron chi connectivity index (χ1n) is 5.90. The Morgan fingerprint density at radius 3 is 2.31 bits per heavy atom. The second kappa shape index (κ2) is 7.39. The minimum absolute atomic E-state index is 0.784. The molecule has 0 aromatic heterocycles. The third kappa shape index (κ3) is 4.75. The molecule has 0 amide bonds. The molecule has 0 saturated heterocycles. The van der Waals surface area contributed by atoms with Crippen LogP contribution in [0.25, 0.3) is 0 Å². The molecule has 0 saturated carbocycles. The van der Waals surface area contributed by atoms with Crippen molar-refractivity contribution in [3.63, 3.8) is 0 Å². The van der Waals surface area contributed by atoms with Gasteiger partial charge in [0.25, 0.3) is 0 Å². The first-order valence-corrected chi connectivity index (χ1v) is 5.90. The predicted octanol–water partition coefficient (Wildman–Crippen LogP) is 1.70. The van der Waals surface area contributed by atoms with Crippen LogP contribution in [0.2, 0.25) is 0 Å². The maximum absolute atomic E-state index is 5.51. The standard InChI is InChI=1S/C13H23N3/c1-15(2)16(11-7-6-10-14)12-13-8-4-3-5-9-13/h3-5,8-9H,6-7,10-12,14H2,1-2H3. The van der Waals surface area contributed by atoms with E-state index in [1.807, 2.05) is 0 Å². The molecule has 1 rings (SSSR count). The highest BCUT2D eigenvalue weighted by molar-refractivity contribution is 5.14. The van der Waals surface area contributed by atoms with E-state index in [1.165, 1.54) is 5.56 Å². The molecule has 0 heterocycles. The maximum atomic E-state index is 5.51. The van der Waals surface area contributed by atoms with Gasteiger partial charge in [-0.1, -0.05) is 30.3 Å². The number of nitrogens with zero attached hydrogens (tertiary/aromatic N) is 2. The third-order valence-electron chi connectivity index (χ3n) is 2.64. The predicted molar refractivity (Wildman–Crippen MR) is 68.8 cm³/mol. The fraction of sp³-hybridized carbons (Fsp3) is 0.538. The van der Waals surface area contributed by atoms with E-state index >= 15 is 0 Å². The van der Waals surface area contributed by atoms with Crippen LogP contribution in [0.3, 0.4) is 0 Å². The Kier molecular flexibility index (Phi) is 6.08. The molecule has 3 nitrogen and oxygen atoms in total. The first kappa shape index (κ1) is 13.2. The highest BCUT2D eigenvalue weighted by Gasteiger charge is 2.07. The van der Waals surface area contributed by atoms with E-state index in [0.717, 1.165) is 32.5 Å². The van der Waals surface area contributed by atoms with Gasteiger partial charge in [-0.15, -0.1) is 0 Å². The van der Waals surface area contributed by atoms with Crippen LogP contribution in [-0.2, 0) is 6.54 Å². The summed E-state index contributed by atoms with van der Waals surface area (Å²) in [5, 5.41) is 4.49. The first-order chi connectivity index (χ1) is 7.74. The molecule has 0 spiro atoms. The smallest absolute Gasteiger partial charge is 0.0383 e. The second-order valence-electron chi connectivity index (χ2n) is 4.22. The van der Waals surface area contributed by atoms with Crippen molar-refractivity contribution in [3.8, 4) is 0 Å². The average Bonchev–Trinajstić information content (AvgIpc) is 2.29. The van der Waals surface area contributed by atoms with Gasteiger partial charge in [0.1, 0.15) is 0 Å². The number of rotatable bonds is 7. The Bertz CT molecular complexity index is 272. The van der Waals surface area contributed by atoms with E-state index in [1.54, 1.807) is 0 Å². The number of benzene rings is 1. The minimum atomic E-state index is 0.784. The molecule has 2 N–H and O–H groups in total. The Hall–Kier alpha value is -0.900. The van der Waals surface area contributed by atoms with Gasteiger partial charge in [-0.25, -0.2) is 10.0 Å². The normalized spacial score (nSPS) is 11.3. The lowest BCUT2D eigenvalue weighted by atomic mass is 10.2. The van der Waals surface area contributed by atoms with Crippen molar-refractivity contribution in [2.24, 2.45) is 5.73 Å². The van der Waals surface area contributed by atoms with Crippen molar-refractivity contribution in [1.29, 1.82) is 0 Å². The van der Waals surface area contributed by atoms with Gasteiger partial charge in [0.05, 0.1) is 0 Å². The lowest BCUT2D eigenvalue weighted by Crippen LogP contribution is -2.37. The molecule has 0 bridgehead atoms. The molecule has 0 atom stereocenters. The summed E-state index contributed by atoms with van der Waals surface area (Å²) in [4.78, 5) is 0. The second-order valence-corrected chi connectivity index (χ2v) is 4.22. The SMILES string of the molecule is CN(C)N(CCCCN)Cc1ccccc1. The van der Waals surface area contributed by atoms with Crippen LogP contribution in [0.5, 0.6) is 0 Å². The molecule has 0 radical (unpaired) electrons. The van der Waals surface area contributed by atoms with Gasteiger partial charge in [0, 0.05) is 27.2 Å². The van der Waals surface area contributed by atoms with Crippen LogP contribution in [0.4, 0.5) is 0 Å². The van der Waals surface area contributed by atoms with Crippen molar-refractivity contribution >= 4 is 0 Å². The quantitative estimate of drug-likeness (QED) is 0.562. The average molecular weight is 221 g/mol. The number of hydrogen-bond acceptors (Lipinski definition) is 3. The summed E-state index contributed by atoms with van der Waals surface area (Å²) in [6, 6.07) is 10.6. The molecule has 1 aromatic carbocycles. The highest BCUT2D eigenvalue weighted by atomic mass is 15.6.